The van der Waals surface area contributed by atoms with Gasteiger partial charge >= 0.3 is 6.36 Å². The summed E-state index contributed by atoms with van der Waals surface area (Å²) >= 11 is 0. The summed E-state index contributed by atoms with van der Waals surface area (Å²) in [5.41, 5.74) is 2.95. The molecule has 19 heavy (non-hydrogen) atoms. The van der Waals surface area contributed by atoms with Crippen LogP contribution in [-0.2, 0) is 11.2 Å². The minimum Gasteiger partial charge on any atom is -0.406 e. The number of rotatable bonds is 5. The molecule has 0 radical (unpaired) electrons. The van der Waals surface area contributed by atoms with Crippen LogP contribution in [0, 0.1) is 0 Å². The molecule has 0 aromatic heterocycles. The van der Waals surface area contributed by atoms with Crippen molar-refractivity contribution in [1.82, 2.24) is 5.32 Å². The van der Waals surface area contributed by atoms with Crippen molar-refractivity contribution in [3.05, 3.63) is 48.2 Å². The first-order valence-corrected chi connectivity index (χ1v) is 5.39. The Hall–Kier alpha value is -2.20. The van der Waals surface area contributed by atoms with Crippen molar-refractivity contribution in [3.8, 4) is 5.75 Å². The molecule has 1 aromatic rings. The fraction of sp³-hybridized carbons (Fsp3) is 0.231. The zero-order valence-electron chi connectivity index (χ0n) is 9.96. The van der Waals surface area contributed by atoms with E-state index in [9.17, 15) is 18.0 Å². The number of halogens is 3. The average Bonchev–Trinajstić information content (AvgIpc) is 2.27. The first-order valence-electron chi connectivity index (χ1n) is 5.39. The summed E-state index contributed by atoms with van der Waals surface area (Å²) in [5.74, 6) is -0.625. The van der Waals surface area contributed by atoms with Gasteiger partial charge in [-0.1, -0.05) is 18.7 Å². The highest BCUT2D eigenvalue weighted by molar-refractivity contribution is 5.87. The number of benzene rings is 1. The Morgan fingerprint density at radius 1 is 1.47 bits per heavy atom. The largest absolute Gasteiger partial charge is 0.573 e. The number of alkyl halides is 3. The maximum atomic E-state index is 12.0. The van der Waals surface area contributed by atoms with Crippen molar-refractivity contribution in [2.45, 2.75) is 12.8 Å². The zero-order chi connectivity index (χ0) is 14.3. The van der Waals surface area contributed by atoms with Crippen LogP contribution in [-0.4, -0.2) is 18.8 Å². The third-order valence-corrected chi connectivity index (χ3v) is 2.08. The fourth-order valence-corrected chi connectivity index (χ4v) is 1.37. The van der Waals surface area contributed by atoms with E-state index in [0.717, 1.165) is 6.08 Å². The van der Waals surface area contributed by atoms with Gasteiger partial charge in [0.05, 0.1) is 0 Å². The van der Waals surface area contributed by atoms with Gasteiger partial charge in [-0.05, 0) is 24.1 Å². The summed E-state index contributed by atoms with van der Waals surface area (Å²) in [6, 6.07) is 5.61. The SMILES string of the molecule is C=C=CC(=O)NCCc1cccc(OC(F)(F)F)c1. The molecule has 6 heteroatoms. The normalized spacial score (nSPS) is 10.5. The van der Waals surface area contributed by atoms with E-state index in [0.29, 0.717) is 18.5 Å². The molecule has 0 aliphatic carbocycles. The highest BCUT2D eigenvalue weighted by Gasteiger charge is 2.31. The van der Waals surface area contributed by atoms with Crippen LogP contribution in [0.25, 0.3) is 0 Å². The van der Waals surface area contributed by atoms with Crippen LogP contribution < -0.4 is 10.1 Å². The summed E-state index contributed by atoms with van der Waals surface area (Å²) in [6.45, 7) is 3.55. The lowest BCUT2D eigenvalue weighted by Gasteiger charge is -2.10. The molecule has 0 spiro atoms. The van der Waals surface area contributed by atoms with Gasteiger partial charge in [-0.3, -0.25) is 4.79 Å². The topological polar surface area (TPSA) is 38.3 Å². The summed E-state index contributed by atoms with van der Waals surface area (Å²) in [4.78, 5) is 11.0. The second-order valence-corrected chi connectivity index (χ2v) is 3.58. The average molecular weight is 271 g/mol. The summed E-state index contributed by atoms with van der Waals surface area (Å²) in [6.07, 6.45) is -3.17. The van der Waals surface area contributed by atoms with E-state index in [1.807, 2.05) is 0 Å². The third-order valence-electron chi connectivity index (χ3n) is 2.08. The quantitative estimate of drug-likeness (QED) is 0.660. The molecule has 0 aliphatic heterocycles. The Balaban J connectivity index is 2.53. The smallest absolute Gasteiger partial charge is 0.406 e. The van der Waals surface area contributed by atoms with Crippen LogP contribution in [0.4, 0.5) is 13.2 Å². The van der Waals surface area contributed by atoms with Gasteiger partial charge in [0.2, 0.25) is 0 Å². The number of hydrogen-bond donors (Lipinski definition) is 1. The maximum absolute atomic E-state index is 12.0. The number of nitrogens with one attached hydrogen (secondary N) is 1. The second kappa shape index (κ2) is 6.66. The lowest BCUT2D eigenvalue weighted by atomic mass is 10.1. The molecule has 0 aliphatic rings. The Labute approximate surface area is 108 Å². The van der Waals surface area contributed by atoms with Crippen molar-refractivity contribution in [1.29, 1.82) is 0 Å². The van der Waals surface area contributed by atoms with E-state index >= 15 is 0 Å². The highest BCUT2D eigenvalue weighted by atomic mass is 19.4. The molecule has 0 saturated carbocycles. The molecule has 0 bridgehead atoms. The molecule has 0 saturated heterocycles. The number of carbonyl (C=O) groups excluding carboxylic acids is 1. The molecule has 1 amide bonds. The van der Waals surface area contributed by atoms with E-state index < -0.39 is 6.36 Å². The highest BCUT2D eigenvalue weighted by Crippen LogP contribution is 2.23. The Kier molecular flexibility index (Phi) is 5.21. The summed E-state index contributed by atoms with van der Waals surface area (Å²) < 4.78 is 39.9. The second-order valence-electron chi connectivity index (χ2n) is 3.58. The van der Waals surface area contributed by atoms with Gasteiger partial charge < -0.3 is 10.1 Å². The van der Waals surface area contributed by atoms with Gasteiger partial charge in [0.25, 0.3) is 5.91 Å². The van der Waals surface area contributed by atoms with Crippen molar-refractivity contribution in [3.63, 3.8) is 0 Å². The molecule has 1 aromatic carbocycles. The molecule has 102 valence electrons. The van der Waals surface area contributed by atoms with Gasteiger partial charge in [0.1, 0.15) is 5.75 Å². The summed E-state index contributed by atoms with van der Waals surface area (Å²) in [5, 5.41) is 2.54. The van der Waals surface area contributed by atoms with Gasteiger partial charge in [0.15, 0.2) is 0 Å². The van der Waals surface area contributed by atoms with E-state index in [-0.39, 0.29) is 11.7 Å². The van der Waals surface area contributed by atoms with Crippen molar-refractivity contribution in [2.24, 2.45) is 0 Å². The lowest BCUT2D eigenvalue weighted by molar-refractivity contribution is -0.274. The van der Waals surface area contributed by atoms with Crippen molar-refractivity contribution in [2.75, 3.05) is 6.54 Å². The van der Waals surface area contributed by atoms with Crippen LogP contribution in [0.3, 0.4) is 0 Å². The molecule has 0 atom stereocenters. The van der Waals surface area contributed by atoms with Gasteiger partial charge in [-0.2, -0.15) is 0 Å². The fourth-order valence-electron chi connectivity index (χ4n) is 1.37. The molecule has 0 unspecified atom stereocenters. The maximum Gasteiger partial charge on any atom is 0.573 e. The molecule has 0 fully saturated rings. The number of hydrogen-bond acceptors (Lipinski definition) is 2. The molecular formula is C13H12F3NO2. The number of ether oxygens (including phenoxy) is 1. The predicted octanol–water partition coefficient (Wildman–Crippen LogP) is 2.59. The standard InChI is InChI=1S/C13H12F3NO2/c1-2-4-12(18)17-8-7-10-5-3-6-11(9-10)19-13(14,15)16/h3-6,9H,1,7-8H2,(H,17,18). The Morgan fingerprint density at radius 3 is 2.84 bits per heavy atom. The number of carbonyl (C=O) groups is 1. The van der Waals surface area contributed by atoms with Crippen LogP contribution >= 0.6 is 0 Å². The Morgan fingerprint density at radius 2 is 2.21 bits per heavy atom. The van der Waals surface area contributed by atoms with Crippen LogP contribution in [0.5, 0.6) is 5.75 Å². The molecule has 3 nitrogen and oxygen atoms in total. The predicted molar refractivity (Wildman–Crippen MR) is 63.5 cm³/mol. The van der Waals surface area contributed by atoms with E-state index in [2.05, 4.69) is 22.4 Å². The summed E-state index contributed by atoms with van der Waals surface area (Å²) in [7, 11) is 0. The van der Waals surface area contributed by atoms with Crippen LogP contribution in [0.2, 0.25) is 0 Å². The van der Waals surface area contributed by atoms with Crippen LogP contribution in [0.1, 0.15) is 5.56 Å². The van der Waals surface area contributed by atoms with Crippen molar-refractivity contribution < 1.29 is 22.7 Å². The van der Waals surface area contributed by atoms with E-state index in [4.69, 9.17) is 0 Å². The minimum atomic E-state index is -4.71. The first-order chi connectivity index (χ1) is 8.90. The van der Waals surface area contributed by atoms with Gasteiger partial charge in [-0.15, -0.1) is 18.9 Å². The van der Waals surface area contributed by atoms with E-state index in [1.54, 1.807) is 6.07 Å². The lowest BCUT2D eigenvalue weighted by Crippen LogP contribution is -2.23. The third kappa shape index (κ3) is 6.33. The van der Waals surface area contributed by atoms with Crippen LogP contribution in [0.15, 0.2) is 42.7 Å². The van der Waals surface area contributed by atoms with Gasteiger partial charge in [-0.25, -0.2) is 0 Å². The zero-order valence-corrected chi connectivity index (χ0v) is 9.96. The molecule has 1 rings (SSSR count). The first kappa shape index (κ1) is 14.9. The Bertz CT molecular complexity index is 491. The van der Waals surface area contributed by atoms with Crippen molar-refractivity contribution >= 4 is 5.91 Å². The minimum absolute atomic E-state index is 0.276. The monoisotopic (exact) mass is 271 g/mol. The van der Waals surface area contributed by atoms with E-state index in [1.165, 1.54) is 18.2 Å². The molecule has 1 N–H and O–H groups in total. The van der Waals surface area contributed by atoms with Gasteiger partial charge in [0, 0.05) is 12.6 Å². The molecular weight excluding hydrogens is 259 g/mol. The molecule has 0 heterocycles. The number of amides is 1.